The van der Waals surface area contributed by atoms with Crippen LogP contribution in [-0.4, -0.2) is 6.10 Å². The molecule has 0 aliphatic carbocycles. The standard InChI is InChI=1S/C3H7O.ClH.Mn/c1-3(2)4;;/h3H,1-2H3;1H;/q-1;;+2/p-1. The molecule has 0 aliphatic heterocycles. The second-order valence-corrected chi connectivity index (χ2v) is 1.42. The van der Waals surface area contributed by atoms with Gasteiger partial charge >= 0.3 is 40.1 Å². The average molecular weight is 149 g/mol. The van der Waals surface area contributed by atoms with E-state index in [0.717, 1.165) is 0 Å². The van der Waals surface area contributed by atoms with Crippen LogP contribution in [0.15, 0.2) is 0 Å². The van der Waals surface area contributed by atoms with Crippen molar-refractivity contribution in [2.24, 2.45) is 0 Å². The molecule has 0 amide bonds. The van der Waals surface area contributed by atoms with E-state index >= 15 is 0 Å². The van der Waals surface area contributed by atoms with E-state index in [-0.39, 0.29) is 12.4 Å². The molecule has 0 saturated carbocycles. The summed E-state index contributed by atoms with van der Waals surface area (Å²) in [6.45, 7) is 3.91. The fourth-order valence-corrected chi connectivity index (χ4v) is 0. The second kappa shape index (κ2) is 5.77. The van der Waals surface area contributed by atoms with E-state index in [1.54, 1.807) is 0 Å². The van der Waals surface area contributed by atoms with E-state index in [2.05, 4.69) is 20.2 Å². The van der Waals surface area contributed by atoms with Crippen LogP contribution in [0.1, 0.15) is 13.8 Å². The molecule has 3 heteroatoms. The smallest absolute Gasteiger partial charge is 1.00 e. The molecule has 0 aliphatic rings. The molecule has 0 aromatic heterocycles. The fourth-order valence-electron chi connectivity index (χ4n) is 0. The van der Waals surface area contributed by atoms with Gasteiger partial charge in [-0.3, -0.25) is 0 Å². The van der Waals surface area contributed by atoms with Gasteiger partial charge in [0.15, 0.2) is 0 Å². The van der Waals surface area contributed by atoms with Crippen LogP contribution in [0.25, 0.3) is 0 Å². The van der Waals surface area contributed by atoms with Crippen molar-refractivity contribution < 1.29 is 32.6 Å². The summed E-state index contributed by atoms with van der Waals surface area (Å²) in [6, 6.07) is 0. The van der Waals surface area contributed by atoms with E-state index < -0.39 is 0 Å². The molecule has 1 nitrogen and oxygen atoms in total. The van der Waals surface area contributed by atoms with Gasteiger partial charge in [-0.2, -0.15) is 0 Å². The summed E-state index contributed by atoms with van der Waals surface area (Å²) in [5, 5.41) is 0. The molecule has 0 heterocycles. The van der Waals surface area contributed by atoms with Crippen molar-refractivity contribution in [3.05, 3.63) is 0 Å². The van der Waals surface area contributed by atoms with E-state index in [0.29, 0.717) is 6.10 Å². The van der Waals surface area contributed by atoms with Gasteiger partial charge < -0.3 is 12.4 Å². The number of halogens is 1. The van der Waals surface area contributed by atoms with Crippen LogP contribution in [0.2, 0.25) is 0 Å². The third kappa shape index (κ3) is 8.84. The molecule has 0 rings (SSSR count). The summed E-state index contributed by atoms with van der Waals surface area (Å²) >= 11 is 2.81. The number of hydrogen-bond donors (Lipinski definition) is 0. The summed E-state index contributed by atoms with van der Waals surface area (Å²) in [5.74, 6) is 0. The van der Waals surface area contributed by atoms with Gasteiger partial charge in [0.2, 0.25) is 0 Å². The van der Waals surface area contributed by atoms with Crippen LogP contribution in [0.5, 0.6) is 0 Å². The molecule has 6 heavy (non-hydrogen) atoms. The summed E-state index contributed by atoms with van der Waals surface area (Å²) in [5.41, 5.74) is 0. The zero-order chi connectivity index (χ0) is 4.28. The average Bonchev–Trinajstić information content (AvgIpc) is 1.38. The van der Waals surface area contributed by atoms with Gasteiger partial charge in [-0.1, -0.05) is 0 Å². The van der Waals surface area contributed by atoms with Gasteiger partial charge in [0, 0.05) is 0 Å². The summed E-state index contributed by atoms with van der Waals surface area (Å²) in [4.78, 5) is 0. The predicted octanol–water partition coefficient (Wildman–Crippen LogP) is -2.12. The topological polar surface area (TPSA) is 9.23 Å². The van der Waals surface area contributed by atoms with Crippen LogP contribution in [0.4, 0.5) is 0 Å². The van der Waals surface area contributed by atoms with Crippen molar-refractivity contribution in [2.45, 2.75) is 20.0 Å². The van der Waals surface area contributed by atoms with Crippen molar-refractivity contribution in [1.82, 2.24) is 0 Å². The Kier molecular flexibility index (Phi) is 9.53. The Morgan fingerprint density at radius 3 is 1.67 bits per heavy atom. The second-order valence-electron chi connectivity index (χ2n) is 1.14. The van der Waals surface area contributed by atoms with E-state index in [4.69, 9.17) is 0 Å². The van der Waals surface area contributed by atoms with Gasteiger partial charge in [-0.15, -0.1) is 0 Å². The first-order chi connectivity index (χ1) is 2.27. The zero-order valence-electron chi connectivity index (χ0n) is 3.74. The fraction of sp³-hybridized carbons (Fsp3) is 1.00. The summed E-state index contributed by atoms with van der Waals surface area (Å²) < 4.78 is 4.56. The first kappa shape index (κ1) is 9.91. The van der Waals surface area contributed by atoms with Gasteiger partial charge in [0.25, 0.3) is 0 Å². The number of rotatable bonds is 1. The Bertz CT molecular complexity index is 24.8. The van der Waals surface area contributed by atoms with Crippen LogP contribution >= 0.6 is 0 Å². The minimum absolute atomic E-state index is 0. The minimum atomic E-state index is 0. The molecule has 0 atom stereocenters. The van der Waals surface area contributed by atoms with Crippen LogP contribution in [0, 0.1) is 0 Å². The van der Waals surface area contributed by atoms with Crippen LogP contribution in [-0.2, 0) is 20.2 Å². The molecule has 0 aromatic rings. The monoisotopic (exact) mass is 149 g/mol. The summed E-state index contributed by atoms with van der Waals surface area (Å²) in [7, 11) is 0. The van der Waals surface area contributed by atoms with Gasteiger partial charge in [0.1, 0.15) is 0 Å². The molecule has 0 aromatic carbocycles. The maximum atomic E-state index is 4.56. The first-order valence-corrected chi connectivity index (χ1v) is 2.03. The predicted molar refractivity (Wildman–Crippen MR) is 16.2 cm³/mol. The van der Waals surface area contributed by atoms with Crippen LogP contribution < -0.4 is 12.4 Å². The van der Waals surface area contributed by atoms with E-state index in [1.165, 1.54) is 0 Å². The molecule has 0 fully saturated rings. The van der Waals surface area contributed by atoms with E-state index in [9.17, 15) is 0 Å². The number of hydrogen-bond acceptors (Lipinski definition) is 1. The van der Waals surface area contributed by atoms with Crippen LogP contribution in [0.3, 0.4) is 0 Å². The largest absolute Gasteiger partial charge is 1.00 e. The van der Waals surface area contributed by atoms with E-state index in [1.807, 2.05) is 13.8 Å². The molecular weight excluding hydrogens is 142 g/mol. The molecule has 0 N–H and O–H groups in total. The minimum Gasteiger partial charge on any atom is -1.00 e. The Morgan fingerprint density at radius 1 is 1.50 bits per heavy atom. The SMILES string of the molecule is CC(C)[O][Mn+].[Cl-]. The maximum Gasteiger partial charge on any atom is -1.00 e. The summed E-state index contributed by atoms with van der Waals surface area (Å²) in [6.07, 6.45) is 0.301. The van der Waals surface area contributed by atoms with Crippen molar-refractivity contribution in [3.8, 4) is 0 Å². The Morgan fingerprint density at radius 2 is 1.67 bits per heavy atom. The normalized spacial score (nSPS) is 7.83. The van der Waals surface area contributed by atoms with Crippen molar-refractivity contribution >= 4 is 0 Å². The zero-order valence-corrected chi connectivity index (χ0v) is 5.68. The Hall–Kier alpha value is 0.769. The van der Waals surface area contributed by atoms with Gasteiger partial charge in [0.05, 0.1) is 0 Å². The van der Waals surface area contributed by atoms with Gasteiger partial charge in [-0.05, 0) is 0 Å². The molecule has 0 saturated heterocycles. The quantitative estimate of drug-likeness (QED) is 0.388. The Labute approximate surface area is 53.0 Å². The molecule has 0 radical (unpaired) electrons. The third-order valence-corrected chi connectivity index (χ3v) is 0.735. The first-order valence-electron chi connectivity index (χ1n) is 1.54. The van der Waals surface area contributed by atoms with Crippen molar-refractivity contribution in [3.63, 3.8) is 0 Å². The maximum absolute atomic E-state index is 4.56. The van der Waals surface area contributed by atoms with Crippen molar-refractivity contribution in [2.75, 3.05) is 0 Å². The third-order valence-electron chi connectivity index (χ3n) is 0.178. The van der Waals surface area contributed by atoms with Crippen molar-refractivity contribution in [1.29, 1.82) is 0 Å². The molecule has 39 valence electrons. The molecule has 0 unspecified atom stereocenters. The molecular formula is C3H7ClMnO. The Balaban J connectivity index is 0. The van der Waals surface area contributed by atoms with Gasteiger partial charge in [-0.25, -0.2) is 0 Å². The molecule has 0 spiro atoms. The molecule has 0 bridgehead atoms.